The number of para-hydroxylation sites is 1. The summed E-state index contributed by atoms with van der Waals surface area (Å²) in [5, 5.41) is 16.4. The van der Waals surface area contributed by atoms with Crippen LogP contribution in [0.3, 0.4) is 0 Å². The highest BCUT2D eigenvalue weighted by molar-refractivity contribution is 6.02. The van der Waals surface area contributed by atoms with Gasteiger partial charge in [-0.3, -0.25) is 14.9 Å². The van der Waals surface area contributed by atoms with Crippen LogP contribution in [0.2, 0.25) is 0 Å². The van der Waals surface area contributed by atoms with Crippen molar-refractivity contribution in [2.24, 2.45) is 0 Å². The maximum Gasteiger partial charge on any atom is 0.352 e. The molecule has 6 heteroatoms. The third kappa shape index (κ3) is 2.65. The van der Waals surface area contributed by atoms with E-state index in [2.05, 4.69) is 10.6 Å². The van der Waals surface area contributed by atoms with Crippen LogP contribution < -0.4 is 10.6 Å². The summed E-state index contributed by atoms with van der Waals surface area (Å²) in [5.41, 5.74) is 0.560. The summed E-state index contributed by atoms with van der Waals surface area (Å²) >= 11 is 0. The Morgan fingerprint density at radius 2 is 2.06 bits per heavy atom. The van der Waals surface area contributed by atoms with E-state index in [0.717, 1.165) is 6.42 Å². The van der Waals surface area contributed by atoms with Crippen LogP contribution in [-0.2, 0) is 4.79 Å². The first-order chi connectivity index (χ1) is 8.68. The summed E-state index contributed by atoms with van der Waals surface area (Å²) in [6, 6.07) is 8.68. The molecule has 1 aliphatic rings. The van der Waals surface area contributed by atoms with Gasteiger partial charge in [0.15, 0.2) is 0 Å². The first-order valence-corrected chi connectivity index (χ1v) is 5.66. The van der Waals surface area contributed by atoms with Gasteiger partial charge in [0.1, 0.15) is 0 Å². The SMILES string of the molecule is O=C(Nc1ccccc1)/C(=C1/CCCN1)[N+](=O)[O-]. The second-order valence-electron chi connectivity index (χ2n) is 3.93. The summed E-state index contributed by atoms with van der Waals surface area (Å²) in [7, 11) is 0. The molecule has 0 aliphatic carbocycles. The Labute approximate surface area is 104 Å². The summed E-state index contributed by atoms with van der Waals surface area (Å²) in [4.78, 5) is 22.2. The van der Waals surface area contributed by atoms with Gasteiger partial charge < -0.3 is 10.6 Å². The number of allylic oxidation sites excluding steroid dienone is 1. The molecule has 2 rings (SSSR count). The van der Waals surface area contributed by atoms with Gasteiger partial charge in [0.25, 0.3) is 0 Å². The second kappa shape index (κ2) is 5.31. The van der Waals surface area contributed by atoms with E-state index < -0.39 is 16.5 Å². The van der Waals surface area contributed by atoms with E-state index in [0.29, 0.717) is 24.4 Å². The molecule has 18 heavy (non-hydrogen) atoms. The van der Waals surface area contributed by atoms with E-state index in [-0.39, 0.29) is 0 Å². The molecule has 6 nitrogen and oxygen atoms in total. The summed E-state index contributed by atoms with van der Waals surface area (Å²) in [5.74, 6) is -0.685. The fraction of sp³-hybridized carbons (Fsp3) is 0.250. The summed E-state index contributed by atoms with van der Waals surface area (Å²) in [6.07, 6.45) is 1.35. The number of amides is 1. The van der Waals surface area contributed by atoms with Gasteiger partial charge in [-0.25, -0.2) is 0 Å². The largest absolute Gasteiger partial charge is 0.383 e. The number of nitrogens with zero attached hydrogens (tertiary/aromatic N) is 1. The molecule has 2 N–H and O–H groups in total. The Morgan fingerprint density at radius 1 is 1.33 bits per heavy atom. The Balaban J connectivity index is 2.20. The van der Waals surface area contributed by atoms with E-state index in [1.807, 2.05) is 0 Å². The van der Waals surface area contributed by atoms with E-state index in [4.69, 9.17) is 0 Å². The molecule has 0 unspecified atom stereocenters. The van der Waals surface area contributed by atoms with Crippen LogP contribution >= 0.6 is 0 Å². The third-order valence-corrected chi connectivity index (χ3v) is 2.66. The van der Waals surface area contributed by atoms with Crippen molar-refractivity contribution in [3.05, 3.63) is 51.8 Å². The molecule has 1 aromatic rings. The predicted octanol–water partition coefficient (Wildman–Crippen LogP) is 1.50. The van der Waals surface area contributed by atoms with Gasteiger partial charge in [-0.15, -0.1) is 0 Å². The van der Waals surface area contributed by atoms with Gasteiger partial charge in [-0.05, 0) is 25.0 Å². The smallest absolute Gasteiger partial charge is 0.352 e. The van der Waals surface area contributed by atoms with E-state index >= 15 is 0 Å². The van der Waals surface area contributed by atoms with E-state index in [1.54, 1.807) is 30.3 Å². The van der Waals surface area contributed by atoms with Crippen LogP contribution in [-0.4, -0.2) is 17.4 Å². The number of carbonyl (C=O) groups excluding carboxylic acids is 1. The average Bonchev–Trinajstić information content (AvgIpc) is 2.83. The molecule has 0 spiro atoms. The Kier molecular flexibility index (Phi) is 3.57. The van der Waals surface area contributed by atoms with Crippen molar-refractivity contribution in [3.8, 4) is 0 Å². The maximum atomic E-state index is 11.9. The molecule has 1 saturated heterocycles. The first kappa shape index (κ1) is 12.1. The fourth-order valence-corrected chi connectivity index (χ4v) is 1.84. The zero-order valence-electron chi connectivity index (χ0n) is 9.68. The zero-order valence-corrected chi connectivity index (χ0v) is 9.68. The number of rotatable bonds is 3. The van der Waals surface area contributed by atoms with Crippen LogP contribution in [0.5, 0.6) is 0 Å². The second-order valence-corrected chi connectivity index (χ2v) is 3.93. The topological polar surface area (TPSA) is 84.3 Å². The lowest BCUT2D eigenvalue weighted by molar-refractivity contribution is -0.420. The number of hydrogen-bond donors (Lipinski definition) is 2. The lowest BCUT2D eigenvalue weighted by Crippen LogP contribution is -2.24. The van der Waals surface area contributed by atoms with Crippen molar-refractivity contribution in [1.29, 1.82) is 0 Å². The molecule has 1 aliphatic heterocycles. The number of benzene rings is 1. The normalized spacial score (nSPS) is 16.9. The third-order valence-electron chi connectivity index (χ3n) is 2.66. The minimum absolute atomic E-state index is 0.392. The molecule has 0 atom stereocenters. The Hall–Kier alpha value is -2.37. The van der Waals surface area contributed by atoms with Gasteiger partial charge in [-0.2, -0.15) is 0 Å². The quantitative estimate of drug-likeness (QED) is 0.481. The molecule has 1 heterocycles. The predicted molar refractivity (Wildman–Crippen MR) is 66.3 cm³/mol. The van der Waals surface area contributed by atoms with Crippen molar-refractivity contribution in [2.75, 3.05) is 11.9 Å². The van der Waals surface area contributed by atoms with Gasteiger partial charge in [-0.1, -0.05) is 18.2 Å². The van der Waals surface area contributed by atoms with E-state index in [9.17, 15) is 14.9 Å². The minimum atomic E-state index is -0.685. The molecule has 0 aromatic heterocycles. The van der Waals surface area contributed by atoms with Crippen molar-refractivity contribution in [2.45, 2.75) is 12.8 Å². The summed E-state index contributed by atoms with van der Waals surface area (Å²) < 4.78 is 0. The minimum Gasteiger partial charge on any atom is -0.383 e. The zero-order chi connectivity index (χ0) is 13.0. The van der Waals surface area contributed by atoms with Crippen molar-refractivity contribution in [1.82, 2.24) is 5.32 Å². The van der Waals surface area contributed by atoms with Crippen LogP contribution in [0.4, 0.5) is 5.69 Å². The highest BCUT2D eigenvalue weighted by atomic mass is 16.6. The number of nitrogens with one attached hydrogen (secondary N) is 2. The number of hydrogen-bond acceptors (Lipinski definition) is 4. The first-order valence-electron chi connectivity index (χ1n) is 5.66. The molecular weight excluding hydrogens is 234 g/mol. The highest BCUT2D eigenvalue weighted by Crippen LogP contribution is 2.16. The molecule has 1 aromatic carbocycles. The van der Waals surface area contributed by atoms with Gasteiger partial charge in [0.2, 0.25) is 0 Å². The molecule has 1 fully saturated rings. The van der Waals surface area contributed by atoms with Crippen molar-refractivity contribution >= 4 is 11.6 Å². The number of nitro groups is 1. The van der Waals surface area contributed by atoms with Gasteiger partial charge in [0, 0.05) is 12.2 Å². The Bertz CT molecular complexity index is 489. The Morgan fingerprint density at radius 3 is 2.61 bits per heavy atom. The lowest BCUT2D eigenvalue weighted by Gasteiger charge is -2.05. The molecule has 94 valence electrons. The molecule has 1 amide bonds. The molecule has 0 saturated carbocycles. The monoisotopic (exact) mass is 247 g/mol. The standard InChI is InChI=1S/C12H13N3O3/c16-12(14-9-5-2-1-3-6-9)11(15(17)18)10-7-4-8-13-10/h1-3,5-6,13H,4,7-8H2,(H,14,16)/b11-10+. The average molecular weight is 247 g/mol. The summed E-state index contributed by atoms with van der Waals surface area (Å²) in [6.45, 7) is 0.672. The van der Waals surface area contributed by atoms with Crippen molar-refractivity contribution in [3.63, 3.8) is 0 Å². The highest BCUT2D eigenvalue weighted by Gasteiger charge is 2.29. The fourth-order valence-electron chi connectivity index (χ4n) is 1.84. The van der Waals surface area contributed by atoms with Crippen LogP contribution in [0.1, 0.15) is 12.8 Å². The van der Waals surface area contributed by atoms with E-state index in [1.165, 1.54) is 0 Å². The van der Waals surface area contributed by atoms with Gasteiger partial charge in [0.05, 0.1) is 10.6 Å². The number of carbonyl (C=O) groups is 1. The maximum absolute atomic E-state index is 11.9. The lowest BCUT2D eigenvalue weighted by atomic mass is 10.2. The van der Waals surface area contributed by atoms with Crippen LogP contribution in [0, 0.1) is 10.1 Å². The molecule has 0 radical (unpaired) electrons. The number of anilines is 1. The van der Waals surface area contributed by atoms with Crippen LogP contribution in [0.25, 0.3) is 0 Å². The van der Waals surface area contributed by atoms with Crippen LogP contribution in [0.15, 0.2) is 41.7 Å². The van der Waals surface area contributed by atoms with Gasteiger partial charge >= 0.3 is 11.6 Å². The molecule has 0 bridgehead atoms. The molecular formula is C12H13N3O3. The van der Waals surface area contributed by atoms with Crippen molar-refractivity contribution < 1.29 is 9.72 Å².